The molecule has 6 nitrogen and oxygen atoms in total. The maximum atomic E-state index is 12.6. The number of ether oxygens (including phenoxy) is 1. The quantitative estimate of drug-likeness (QED) is 0.591. The highest BCUT2D eigenvalue weighted by atomic mass is 32.2. The molecule has 7 heteroatoms. The smallest absolute Gasteiger partial charge is 0.277 e. The molecule has 2 aromatic carbocycles. The molecule has 0 fully saturated rings. The summed E-state index contributed by atoms with van der Waals surface area (Å²) in [4.78, 5) is 14.5. The fourth-order valence-electron chi connectivity index (χ4n) is 3.22. The van der Waals surface area contributed by atoms with Gasteiger partial charge in [0, 0.05) is 13.1 Å². The lowest BCUT2D eigenvalue weighted by molar-refractivity contribution is -0.129. The van der Waals surface area contributed by atoms with Crippen LogP contribution in [0.3, 0.4) is 0 Å². The molecule has 0 N–H and O–H groups in total. The molecule has 0 saturated carbocycles. The van der Waals surface area contributed by atoms with Gasteiger partial charge in [-0.25, -0.2) is 0 Å². The third-order valence-corrected chi connectivity index (χ3v) is 5.43. The largest absolute Gasteiger partial charge is 0.493 e. The predicted molar refractivity (Wildman–Crippen MR) is 107 cm³/mol. The summed E-state index contributed by atoms with van der Waals surface area (Å²) in [6.07, 6.45) is 0.894. The lowest BCUT2D eigenvalue weighted by atomic mass is 10.00. The number of thioether (sulfide) groups is 1. The van der Waals surface area contributed by atoms with Gasteiger partial charge < -0.3 is 14.1 Å². The van der Waals surface area contributed by atoms with Gasteiger partial charge in [-0.3, -0.25) is 4.79 Å². The van der Waals surface area contributed by atoms with Gasteiger partial charge in [-0.1, -0.05) is 48.2 Å². The van der Waals surface area contributed by atoms with Crippen LogP contribution < -0.4 is 4.74 Å². The second kappa shape index (κ2) is 8.48. The van der Waals surface area contributed by atoms with Crippen LogP contribution in [-0.2, 0) is 17.8 Å². The van der Waals surface area contributed by atoms with Gasteiger partial charge in [0.15, 0.2) is 0 Å². The van der Waals surface area contributed by atoms with Crippen molar-refractivity contribution >= 4 is 17.7 Å². The first-order valence-corrected chi connectivity index (χ1v) is 10.3. The van der Waals surface area contributed by atoms with Crippen molar-refractivity contribution in [3.8, 4) is 17.2 Å². The first-order valence-electron chi connectivity index (χ1n) is 9.27. The van der Waals surface area contributed by atoms with E-state index in [0.717, 1.165) is 18.5 Å². The summed E-state index contributed by atoms with van der Waals surface area (Å²) < 4.78 is 11.4. The van der Waals surface area contributed by atoms with E-state index in [-0.39, 0.29) is 11.7 Å². The van der Waals surface area contributed by atoms with Gasteiger partial charge in [0.05, 0.1) is 17.9 Å². The Labute approximate surface area is 167 Å². The fourth-order valence-corrected chi connectivity index (χ4v) is 3.89. The van der Waals surface area contributed by atoms with Crippen LogP contribution in [0, 0.1) is 0 Å². The predicted octanol–water partition coefficient (Wildman–Crippen LogP) is 3.81. The maximum Gasteiger partial charge on any atom is 0.277 e. The summed E-state index contributed by atoms with van der Waals surface area (Å²) in [5.74, 6) is 1.45. The van der Waals surface area contributed by atoms with Gasteiger partial charge in [0.1, 0.15) is 5.75 Å². The van der Waals surface area contributed by atoms with Crippen molar-refractivity contribution in [1.82, 2.24) is 15.1 Å². The molecule has 0 spiro atoms. The Hall–Kier alpha value is -2.80. The molecule has 0 bridgehead atoms. The van der Waals surface area contributed by atoms with Crippen LogP contribution in [0.1, 0.15) is 18.1 Å². The van der Waals surface area contributed by atoms with Crippen molar-refractivity contribution in [3.63, 3.8) is 0 Å². The zero-order chi connectivity index (χ0) is 19.3. The molecule has 1 amide bonds. The minimum absolute atomic E-state index is 0.0777. The molecular formula is C21H21N3O3S. The Morgan fingerprint density at radius 1 is 1.14 bits per heavy atom. The van der Waals surface area contributed by atoms with Gasteiger partial charge in [0.2, 0.25) is 5.91 Å². The van der Waals surface area contributed by atoms with Crippen LogP contribution in [0.15, 0.2) is 58.2 Å². The van der Waals surface area contributed by atoms with Crippen molar-refractivity contribution in [2.24, 2.45) is 0 Å². The topological polar surface area (TPSA) is 68.5 Å². The van der Waals surface area contributed by atoms with Crippen molar-refractivity contribution in [3.05, 3.63) is 59.7 Å². The van der Waals surface area contributed by atoms with E-state index < -0.39 is 0 Å². The summed E-state index contributed by atoms with van der Waals surface area (Å²) in [5.41, 5.74) is 3.30. The number of hydrogen-bond acceptors (Lipinski definition) is 6. The van der Waals surface area contributed by atoms with E-state index in [0.29, 0.717) is 30.0 Å². The van der Waals surface area contributed by atoms with Crippen molar-refractivity contribution < 1.29 is 13.9 Å². The Balaban J connectivity index is 1.38. The minimum atomic E-state index is 0.0777. The minimum Gasteiger partial charge on any atom is -0.493 e. The van der Waals surface area contributed by atoms with E-state index in [1.165, 1.54) is 22.9 Å². The first kappa shape index (κ1) is 18.6. The number of hydrogen-bond donors (Lipinski definition) is 0. The molecule has 0 aliphatic carbocycles. The van der Waals surface area contributed by atoms with Crippen molar-refractivity contribution in [2.45, 2.75) is 25.1 Å². The zero-order valence-electron chi connectivity index (χ0n) is 15.6. The molecule has 144 valence electrons. The molecule has 1 aromatic heterocycles. The van der Waals surface area contributed by atoms with E-state index in [2.05, 4.69) is 22.3 Å². The third kappa shape index (κ3) is 4.04. The van der Waals surface area contributed by atoms with E-state index in [1.807, 2.05) is 48.2 Å². The second-order valence-electron chi connectivity index (χ2n) is 6.42. The number of benzene rings is 2. The van der Waals surface area contributed by atoms with Crippen LogP contribution in [-0.4, -0.2) is 39.9 Å². The SMILES string of the molecule is CCOc1ccccc1-c1nnc(SCC(=O)N2CCc3ccccc3C2)o1. The number of carbonyl (C=O) groups excluding carboxylic acids is 1. The number of aromatic nitrogens is 2. The molecule has 2 heterocycles. The van der Waals surface area contributed by atoms with Crippen molar-refractivity contribution in [1.29, 1.82) is 0 Å². The monoisotopic (exact) mass is 395 g/mol. The highest BCUT2D eigenvalue weighted by Crippen LogP contribution is 2.31. The molecule has 0 radical (unpaired) electrons. The van der Waals surface area contributed by atoms with Gasteiger partial charge >= 0.3 is 0 Å². The van der Waals surface area contributed by atoms with Crippen LogP contribution >= 0.6 is 11.8 Å². The summed E-state index contributed by atoms with van der Waals surface area (Å²) in [6.45, 7) is 3.89. The Bertz CT molecular complexity index is 973. The van der Waals surface area contributed by atoms with Gasteiger partial charge in [-0.05, 0) is 36.6 Å². The molecule has 4 rings (SSSR count). The lowest BCUT2D eigenvalue weighted by Gasteiger charge is -2.28. The molecule has 3 aromatic rings. The summed E-state index contributed by atoms with van der Waals surface area (Å²) in [5, 5.41) is 8.56. The zero-order valence-corrected chi connectivity index (χ0v) is 16.4. The maximum absolute atomic E-state index is 12.6. The Morgan fingerprint density at radius 2 is 1.93 bits per heavy atom. The molecule has 0 unspecified atom stereocenters. The average Bonchev–Trinajstić information content (AvgIpc) is 3.21. The summed E-state index contributed by atoms with van der Waals surface area (Å²) in [7, 11) is 0. The van der Waals surface area contributed by atoms with E-state index in [4.69, 9.17) is 9.15 Å². The van der Waals surface area contributed by atoms with Crippen LogP contribution in [0.4, 0.5) is 0 Å². The van der Waals surface area contributed by atoms with E-state index >= 15 is 0 Å². The Kier molecular flexibility index (Phi) is 5.62. The molecule has 0 atom stereocenters. The van der Waals surface area contributed by atoms with Crippen molar-refractivity contribution in [2.75, 3.05) is 18.9 Å². The van der Waals surface area contributed by atoms with Gasteiger partial charge in [0.25, 0.3) is 11.1 Å². The average molecular weight is 395 g/mol. The van der Waals surface area contributed by atoms with Crippen LogP contribution in [0.25, 0.3) is 11.5 Å². The lowest BCUT2D eigenvalue weighted by Crippen LogP contribution is -2.37. The van der Waals surface area contributed by atoms with Gasteiger partial charge in [-0.15, -0.1) is 10.2 Å². The molecule has 0 saturated heterocycles. The second-order valence-corrected chi connectivity index (χ2v) is 7.35. The third-order valence-electron chi connectivity index (χ3n) is 4.63. The molecule has 28 heavy (non-hydrogen) atoms. The fraction of sp³-hybridized carbons (Fsp3) is 0.286. The summed E-state index contributed by atoms with van der Waals surface area (Å²) in [6, 6.07) is 15.8. The first-order chi connectivity index (χ1) is 13.7. The van der Waals surface area contributed by atoms with E-state index in [9.17, 15) is 4.79 Å². The molecular weight excluding hydrogens is 374 g/mol. The summed E-state index contributed by atoms with van der Waals surface area (Å²) >= 11 is 1.27. The van der Waals surface area contributed by atoms with Crippen LogP contribution in [0.5, 0.6) is 5.75 Å². The number of amides is 1. The molecule has 1 aliphatic rings. The standard InChI is InChI=1S/C21H21N3O3S/c1-2-26-18-10-6-5-9-17(18)20-22-23-21(27-20)28-14-19(25)24-12-11-15-7-3-4-8-16(15)13-24/h3-10H,2,11-14H2,1H3. The van der Waals surface area contributed by atoms with E-state index in [1.54, 1.807) is 0 Å². The normalized spacial score (nSPS) is 13.2. The number of nitrogens with zero attached hydrogens (tertiary/aromatic N) is 3. The highest BCUT2D eigenvalue weighted by molar-refractivity contribution is 7.99. The molecule has 1 aliphatic heterocycles. The van der Waals surface area contributed by atoms with Gasteiger partial charge in [-0.2, -0.15) is 0 Å². The number of fused-ring (bicyclic) bond motifs is 1. The number of rotatable bonds is 6. The highest BCUT2D eigenvalue weighted by Gasteiger charge is 2.21. The Morgan fingerprint density at radius 3 is 2.79 bits per heavy atom. The number of para-hydroxylation sites is 1. The number of carbonyl (C=O) groups is 1. The van der Waals surface area contributed by atoms with Crippen LogP contribution in [0.2, 0.25) is 0 Å².